The minimum absolute atomic E-state index is 0.0778. The van der Waals surface area contributed by atoms with Gasteiger partial charge in [-0.3, -0.25) is 10.1 Å². The molecule has 0 spiro atoms. The van der Waals surface area contributed by atoms with Crippen LogP contribution in [0.2, 0.25) is 0 Å². The summed E-state index contributed by atoms with van der Waals surface area (Å²) in [5, 5.41) is 12.0. The molecule has 0 bridgehead atoms. The first-order valence-electron chi connectivity index (χ1n) is 8.29. The summed E-state index contributed by atoms with van der Waals surface area (Å²) >= 11 is 0. The molecule has 1 fully saturated rings. The summed E-state index contributed by atoms with van der Waals surface area (Å²) in [7, 11) is 0. The number of ether oxygens (including phenoxy) is 1. The lowest BCUT2D eigenvalue weighted by molar-refractivity contribution is -0.384. The molecule has 6 nitrogen and oxygen atoms in total. The highest BCUT2D eigenvalue weighted by molar-refractivity contribution is 5.94. The second-order valence-electron chi connectivity index (χ2n) is 6.07. The molecule has 0 unspecified atom stereocenters. The second-order valence-corrected chi connectivity index (χ2v) is 6.07. The van der Waals surface area contributed by atoms with Crippen molar-refractivity contribution in [2.24, 2.45) is 0 Å². The Kier molecular flexibility index (Phi) is 4.11. The number of nitro groups is 1. The van der Waals surface area contributed by atoms with Crippen LogP contribution < -0.4 is 4.90 Å². The minimum atomic E-state index is -0.369. The van der Waals surface area contributed by atoms with Crippen LogP contribution >= 0.6 is 0 Å². The van der Waals surface area contributed by atoms with E-state index in [4.69, 9.17) is 9.15 Å². The van der Waals surface area contributed by atoms with E-state index in [0.717, 1.165) is 35.5 Å². The maximum absolute atomic E-state index is 11.2. The molecule has 1 aromatic heterocycles. The quantitative estimate of drug-likeness (QED) is 0.535. The van der Waals surface area contributed by atoms with Gasteiger partial charge >= 0.3 is 0 Å². The van der Waals surface area contributed by atoms with Crippen molar-refractivity contribution in [3.05, 3.63) is 70.0 Å². The summed E-state index contributed by atoms with van der Waals surface area (Å²) in [4.78, 5) is 13.0. The van der Waals surface area contributed by atoms with E-state index in [1.165, 1.54) is 6.07 Å². The van der Waals surface area contributed by atoms with Crippen molar-refractivity contribution in [2.45, 2.75) is 6.42 Å². The molecule has 2 aromatic carbocycles. The van der Waals surface area contributed by atoms with E-state index in [2.05, 4.69) is 17.0 Å². The summed E-state index contributed by atoms with van der Waals surface area (Å²) in [6.07, 6.45) is 0.649. The van der Waals surface area contributed by atoms with Crippen LogP contribution in [0, 0.1) is 10.1 Å². The number of nitrogens with zero attached hydrogens (tertiary/aromatic N) is 2. The van der Waals surface area contributed by atoms with E-state index in [-0.39, 0.29) is 10.6 Å². The molecule has 1 aliphatic rings. The molecule has 2 heterocycles. The summed E-state index contributed by atoms with van der Waals surface area (Å²) in [6.45, 7) is 2.79. The molecule has 25 heavy (non-hydrogen) atoms. The zero-order valence-electron chi connectivity index (χ0n) is 13.7. The Morgan fingerprint density at radius 3 is 2.56 bits per heavy atom. The molecule has 1 saturated heterocycles. The van der Waals surface area contributed by atoms with Gasteiger partial charge in [0.25, 0.3) is 5.69 Å². The van der Waals surface area contributed by atoms with Gasteiger partial charge in [-0.15, -0.1) is 0 Å². The van der Waals surface area contributed by atoms with E-state index in [1.807, 2.05) is 18.2 Å². The summed E-state index contributed by atoms with van der Waals surface area (Å²) in [6, 6.07) is 14.9. The fraction of sp³-hybridized carbons (Fsp3) is 0.263. The maximum Gasteiger partial charge on any atom is 0.270 e. The average Bonchev–Trinajstić information content (AvgIpc) is 3.00. The lowest BCUT2D eigenvalue weighted by atomic mass is 10.1. The van der Waals surface area contributed by atoms with Crippen molar-refractivity contribution in [2.75, 3.05) is 31.2 Å². The number of hydrogen-bond donors (Lipinski definition) is 0. The predicted molar refractivity (Wildman–Crippen MR) is 95.1 cm³/mol. The first-order valence-corrected chi connectivity index (χ1v) is 8.29. The normalized spacial score (nSPS) is 14.8. The van der Waals surface area contributed by atoms with Crippen molar-refractivity contribution in [3.63, 3.8) is 0 Å². The number of hydrogen-bond acceptors (Lipinski definition) is 5. The highest BCUT2D eigenvalue weighted by Crippen LogP contribution is 2.37. The molecule has 0 aliphatic carbocycles. The Hall–Kier alpha value is -2.86. The Balaban J connectivity index is 1.83. The van der Waals surface area contributed by atoms with Crippen molar-refractivity contribution >= 4 is 22.3 Å². The lowest BCUT2D eigenvalue weighted by Crippen LogP contribution is -2.36. The van der Waals surface area contributed by atoms with E-state index >= 15 is 0 Å². The Bertz CT molecular complexity index is 898. The summed E-state index contributed by atoms with van der Waals surface area (Å²) < 4.78 is 11.5. The van der Waals surface area contributed by atoms with E-state index in [9.17, 15) is 10.1 Å². The van der Waals surface area contributed by atoms with Crippen LogP contribution in [0.3, 0.4) is 0 Å². The van der Waals surface area contributed by atoms with Gasteiger partial charge in [-0.2, -0.15) is 0 Å². The Morgan fingerprint density at radius 2 is 1.84 bits per heavy atom. The van der Waals surface area contributed by atoms with E-state index < -0.39 is 0 Å². The number of anilines is 1. The molecule has 128 valence electrons. The summed E-state index contributed by atoms with van der Waals surface area (Å²) in [5.41, 5.74) is 2.85. The Morgan fingerprint density at radius 1 is 1.08 bits per heavy atom. The summed E-state index contributed by atoms with van der Waals surface area (Å²) in [5.74, 6) is 0.837. The van der Waals surface area contributed by atoms with Crippen LogP contribution in [0.5, 0.6) is 0 Å². The van der Waals surface area contributed by atoms with Crippen LogP contribution in [0.25, 0.3) is 11.0 Å². The van der Waals surface area contributed by atoms with E-state index in [1.54, 1.807) is 12.1 Å². The topological polar surface area (TPSA) is 68.8 Å². The van der Waals surface area contributed by atoms with Gasteiger partial charge in [-0.05, 0) is 11.6 Å². The first kappa shape index (κ1) is 15.7. The Labute approximate surface area is 144 Å². The third-order valence-electron chi connectivity index (χ3n) is 4.46. The number of rotatable bonds is 4. The smallest absolute Gasteiger partial charge is 0.270 e. The maximum atomic E-state index is 11.2. The van der Waals surface area contributed by atoms with Gasteiger partial charge in [0, 0.05) is 31.6 Å². The highest BCUT2D eigenvalue weighted by Gasteiger charge is 2.23. The van der Waals surface area contributed by atoms with Crippen molar-refractivity contribution in [1.29, 1.82) is 0 Å². The molecule has 0 atom stereocenters. The fourth-order valence-corrected chi connectivity index (χ4v) is 3.27. The van der Waals surface area contributed by atoms with Gasteiger partial charge in [0.2, 0.25) is 0 Å². The molecule has 1 aliphatic heterocycles. The third kappa shape index (κ3) is 3.08. The number of non-ortho nitro benzene ring substituents is 1. The molecule has 0 amide bonds. The monoisotopic (exact) mass is 338 g/mol. The van der Waals surface area contributed by atoms with Gasteiger partial charge in [-0.1, -0.05) is 30.3 Å². The zero-order valence-corrected chi connectivity index (χ0v) is 13.7. The number of benzene rings is 2. The van der Waals surface area contributed by atoms with E-state index in [0.29, 0.717) is 25.2 Å². The number of nitro benzene ring substituents is 1. The van der Waals surface area contributed by atoms with Crippen molar-refractivity contribution in [3.8, 4) is 0 Å². The SMILES string of the molecule is O=[N+]([O-])c1ccc2oc(Cc3ccccc3)c(N3CCOCC3)c2c1. The molecule has 0 radical (unpaired) electrons. The van der Waals surface area contributed by atoms with Crippen molar-refractivity contribution in [1.82, 2.24) is 0 Å². The predicted octanol–water partition coefficient (Wildman–Crippen LogP) is 3.77. The largest absolute Gasteiger partial charge is 0.458 e. The van der Waals surface area contributed by atoms with Crippen LogP contribution in [0.15, 0.2) is 52.9 Å². The van der Waals surface area contributed by atoms with Gasteiger partial charge in [0.05, 0.1) is 29.2 Å². The molecular weight excluding hydrogens is 320 g/mol. The van der Waals surface area contributed by atoms with Gasteiger partial charge < -0.3 is 14.1 Å². The zero-order chi connectivity index (χ0) is 17.2. The fourth-order valence-electron chi connectivity index (χ4n) is 3.27. The minimum Gasteiger partial charge on any atom is -0.458 e. The first-order chi connectivity index (χ1) is 12.2. The van der Waals surface area contributed by atoms with Gasteiger partial charge in [0.15, 0.2) is 0 Å². The van der Waals surface area contributed by atoms with Crippen LogP contribution in [-0.2, 0) is 11.2 Å². The number of furan rings is 1. The highest BCUT2D eigenvalue weighted by atomic mass is 16.6. The molecule has 0 saturated carbocycles. The number of morpholine rings is 1. The number of fused-ring (bicyclic) bond motifs is 1. The van der Waals surface area contributed by atoms with Crippen LogP contribution in [0.4, 0.5) is 11.4 Å². The molecule has 4 rings (SSSR count). The van der Waals surface area contributed by atoms with Gasteiger partial charge in [-0.25, -0.2) is 0 Å². The molecule has 0 N–H and O–H groups in total. The third-order valence-corrected chi connectivity index (χ3v) is 4.46. The van der Waals surface area contributed by atoms with Crippen LogP contribution in [0.1, 0.15) is 11.3 Å². The van der Waals surface area contributed by atoms with Crippen LogP contribution in [-0.4, -0.2) is 31.2 Å². The molecule has 3 aromatic rings. The lowest BCUT2D eigenvalue weighted by Gasteiger charge is -2.28. The molecular formula is C19H18N2O4. The average molecular weight is 338 g/mol. The standard InChI is InChI=1S/C19H18N2O4/c22-21(23)15-6-7-17-16(13-15)19(20-8-10-24-11-9-20)18(25-17)12-14-4-2-1-3-5-14/h1-7,13H,8-12H2. The second kappa shape index (κ2) is 6.57. The van der Waals surface area contributed by atoms with Gasteiger partial charge in [0.1, 0.15) is 11.3 Å². The molecule has 6 heteroatoms. The van der Waals surface area contributed by atoms with Crippen molar-refractivity contribution < 1.29 is 14.1 Å².